The monoisotopic (exact) mass is 375 g/mol. The van der Waals surface area contributed by atoms with E-state index < -0.39 is 5.97 Å². The molecule has 1 aromatic heterocycles. The van der Waals surface area contributed by atoms with Crippen molar-refractivity contribution in [1.29, 1.82) is 0 Å². The zero-order valence-corrected chi connectivity index (χ0v) is 15.3. The number of carbonyl (C=O) groups excluding carboxylic acids is 2. The number of amides is 1. The molecule has 1 aromatic carbocycles. The van der Waals surface area contributed by atoms with E-state index in [0.29, 0.717) is 16.3 Å². The highest BCUT2D eigenvalue weighted by Crippen LogP contribution is 2.34. The fraction of sp³-hybridized carbons (Fsp3) is 0.294. The zero-order valence-electron chi connectivity index (χ0n) is 14.4. The first-order valence-electron chi connectivity index (χ1n) is 7.90. The van der Waals surface area contributed by atoms with Crippen molar-refractivity contribution < 1.29 is 23.5 Å². The normalized spacial score (nSPS) is 18.4. The Balaban J connectivity index is 1.98. The third-order valence-electron chi connectivity index (χ3n) is 3.58. The SMILES string of the molecule is CCOC(=O)C(=C1NC(=O)C(C)S1)c1nnc(-c2ccc(OC)cc2)o1. The molecule has 2 aromatic rings. The predicted octanol–water partition coefficient (Wildman–Crippen LogP) is 2.23. The van der Waals surface area contributed by atoms with Crippen LogP contribution in [0.2, 0.25) is 0 Å². The molecule has 1 fully saturated rings. The van der Waals surface area contributed by atoms with Crippen LogP contribution in [0.25, 0.3) is 17.0 Å². The summed E-state index contributed by atoms with van der Waals surface area (Å²) >= 11 is 1.21. The molecule has 0 radical (unpaired) electrons. The highest BCUT2D eigenvalue weighted by atomic mass is 32.2. The summed E-state index contributed by atoms with van der Waals surface area (Å²) in [7, 11) is 1.58. The summed E-state index contributed by atoms with van der Waals surface area (Å²) in [5.41, 5.74) is 0.732. The number of esters is 1. The van der Waals surface area contributed by atoms with E-state index in [1.165, 1.54) is 11.8 Å². The number of methoxy groups -OCH3 is 1. The van der Waals surface area contributed by atoms with Crippen molar-refractivity contribution in [3.63, 3.8) is 0 Å². The van der Waals surface area contributed by atoms with Gasteiger partial charge in [0.05, 0.1) is 24.0 Å². The topological polar surface area (TPSA) is 104 Å². The van der Waals surface area contributed by atoms with Gasteiger partial charge in [-0.2, -0.15) is 0 Å². The van der Waals surface area contributed by atoms with Crippen molar-refractivity contribution in [1.82, 2.24) is 15.5 Å². The molecule has 1 unspecified atom stereocenters. The molecule has 9 heteroatoms. The summed E-state index contributed by atoms with van der Waals surface area (Å²) in [4.78, 5) is 24.2. The van der Waals surface area contributed by atoms with Crippen molar-refractivity contribution >= 4 is 29.2 Å². The van der Waals surface area contributed by atoms with Gasteiger partial charge in [-0.1, -0.05) is 11.8 Å². The molecule has 0 saturated carbocycles. The lowest BCUT2D eigenvalue weighted by Gasteiger charge is -2.06. The summed E-state index contributed by atoms with van der Waals surface area (Å²) in [5, 5.41) is 10.7. The second-order valence-electron chi connectivity index (χ2n) is 5.31. The second kappa shape index (κ2) is 7.61. The van der Waals surface area contributed by atoms with E-state index in [9.17, 15) is 9.59 Å². The number of carbonyl (C=O) groups is 2. The van der Waals surface area contributed by atoms with Crippen LogP contribution < -0.4 is 10.1 Å². The van der Waals surface area contributed by atoms with Crippen LogP contribution in [0, 0.1) is 0 Å². The molecule has 0 aliphatic carbocycles. The van der Waals surface area contributed by atoms with Crippen LogP contribution in [0.4, 0.5) is 0 Å². The molecule has 1 atom stereocenters. The van der Waals surface area contributed by atoms with E-state index in [2.05, 4.69) is 15.5 Å². The molecular weight excluding hydrogens is 358 g/mol. The Hall–Kier alpha value is -2.81. The number of rotatable bonds is 5. The smallest absolute Gasteiger partial charge is 0.346 e. The lowest BCUT2D eigenvalue weighted by atomic mass is 10.2. The van der Waals surface area contributed by atoms with Gasteiger partial charge in [-0.05, 0) is 38.1 Å². The van der Waals surface area contributed by atoms with Gasteiger partial charge in [0.2, 0.25) is 11.8 Å². The zero-order chi connectivity index (χ0) is 18.7. The number of aromatic nitrogens is 2. The molecule has 1 aliphatic heterocycles. The third-order valence-corrected chi connectivity index (χ3v) is 4.69. The average molecular weight is 375 g/mol. The van der Waals surface area contributed by atoms with Gasteiger partial charge in [-0.25, -0.2) is 4.79 Å². The highest BCUT2D eigenvalue weighted by Gasteiger charge is 2.33. The number of benzene rings is 1. The predicted molar refractivity (Wildman–Crippen MR) is 95.0 cm³/mol. The maximum absolute atomic E-state index is 12.4. The summed E-state index contributed by atoms with van der Waals surface area (Å²) in [6.07, 6.45) is 0. The standard InChI is InChI=1S/C17H17N3O5S/c1-4-24-17(22)12(16-18-13(21)9(2)26-16)15-20-19-14(25-15)10-5-7-11(23-3)8-6-10/h5-9H,4H2,1-3H3,(H,18,21). The van der Waals surface area contributed by atoms with Crippen LogP contribution in [0.3, 0.4) is 0 Å². The third kappa shape index (κ3) is 3.57. The first kappa shape index (κ1) is 18.0. The Morgan fingerprint density at radius 1 is 1.31 bits per heavy atom. The van der Waals surface area contributed by atoms with E-state index >= 15 is 0 Å². The Bertz CT molecular complexity index is 860. The molecule has 1 amide bonds. The molecule has 2 heterocycles. The molecule has 8 nitrogen and oxygen atoms in total. The van der Waals surface area contributed by atoms with Gasteiger partial charge in [0, 0.05) is 5.56 Å². The molecule has 0 bridgehead atoms. The molecule has 3 rings (SSSR count). The first-order valence-corrected chi connectivity index (χ1v) is 8.78. The lowest BCUT2D eigenvalue weighted by Crippen LogP contribution is -2.21. The van der Waals surface area contributed by atoms with Crippen LogP contribution in [-0.4, -0.2) is 41.0 Å². The Morgan fingerprint density at radius 3 is 2.62 bits per heavy atom. The van der Waals surface area contributed by atoms with Crippen LogP contribution >= 0.6 is 11.8 Å². The summed E-state index contributed by atoms with van der Waals surface area (Å²) in [6, 6.07) is 7.06. The molecule has 136 valence electrons. The highest BCUT2D eigenvalue weighted by molar-refractivity contribution is 8.05. The fourth-order valence-electron chi connectivity index (χ4n) is 2.25. The van der Waals surface area contributed by atoms with Crippen molar-refractivity contribution in [3.05, 3.63) is 35.2 Å². The van der Waals surface area contributed by atoms with Gasteiger partial charge in [0.15, 0.2) is 5.57 Å². The first-order chi connectivity index (χ1) is 12.5. The lowest BCUT2D eigenvalue weighted by molar-refractivity contribution is -0.136. The van der Waals surface area contributed by atoms with Gasteiger partial charge < -0.3 is 19.2 Å². The largest absolute Gasteiger partial charge is 0.497 e. The minimum Gasteiger partial charge on any atom is -0.497 e. The summed E-state index contributed by atoms with van der Waals surface area (Å²) < 4.78 is 15.9. The molecule has 1 saturated heterocycles. The van der Waals surface area contributed by atoms with Crippen LogP contribution in [0.15, 0.2) is 33.7 Å². The number of thioether (sulfide) groups is 1. The second-order valence-corrected chi connectivity index (χ2v) is 6.67. The number of hydrogen-bond donors (Lipinski definition) is 1. The van der Waals surface area contributed by atoms with E-state index in [1.807, 2.05) is 0 Å². The van der Waals surface area contributed by atoms with Crippen LogP contribution in [0.5, 0.6) is 5.75 Å². The summed E-state index contributed by atoms with van der Waals surface area (Å²) in [5.74, 6) is 0.108. The quantitative estimate of drug-likeness (QED) is 0.627. The fourth-order valence-corrected chi connectivity index (χ4v) is 3.22. The van der Waals surface area contributed by atoms with E-state index in [1.54, 1.807) is 45.2 Å². The molecule has 26 heavy (non-hydrogen) atoms. The molecule has 1 N–H and O–H groups in total. The van der Waals surface area contributed by atoms with Gasteiger partial charge in [-0.3, -0.25) is 4.79 Å². The minimum atomic E-state index is -0.630. The van der Waals surface area contributed by atoms with Gasteiger partial charge in [-0.15, -0.1) is 10.2 Å². The van der Waals surface area contributed by atoms with Gasteiger partial charge in [0.25, 0.3) is 5.89 Å². The number of hydrogen-bond acceptors (Lipinski definition) is 8. The van der Waals surface area contributed by atoms with Crippen molar-refractivity contribution in [2.45, 2.75) is 19.1 Å². The Kier molecular flexibility index (Phi) is 5.27. The number of nitrogens with zero attached hydrogens (tertiary/aromatic N) is 2. The Labute approximate surface area is 154 Å². The molecular formula is C17H17N3O5S. The maximum Gasteiger partial charge on any atom is 0.346 e. The summed E-state index contributed by atoms with van der Waals surface area (Å²) in [6.45, 7) is 3.62. The van der Waals surface area contributed by atoms with Crippen LogP contribution in [-0.2, 0) is 14.3 Å². The van der Waals surface area contributed by atoms with Crippen molar-refractivity contribution in [3.8, 4) is 17.2 Å². The molecule has 0 spiro atoms. The van der Waals surface area contributed by atoms with E-state index in [-0.39, 0.29) is 35.1 Å². The molecule has 1 aliphatic rings. The Morgan fingerprint density at radius 2 is 2.04 bits per heavy atom. The van der Waals surface area contributed by atoms with Crippen molar-refractivity contribution in [2.75, 3.05) is 13.7 Å². The van der Waals surface area contributed by atoms with Crippen molar-refractivity contribution in [2.24, 2.45) is 0 Å². The van der Waals surface area contributed by atoms with Crippen LogP contribution in [0.1, 0.15) is 19.7 Å². The van der Waals surface area contributed by atoms with Gasteiger partial charge in [0.1, 0.15) is 5.75 Å². The average Bonchev–Trinajstić information content (AvgIpc) is 3.23. The van der Waals surface area contributed by atoms with Gasteiger partial charge >= 0.3 is 5.97 Å². The van der Waals surface area contributed by atoms with E-state index in [0.717, 1.165) is 0 Å². The number of ether oxygens (including phenoxy) is 2. The number of nitrogens with one attached hydrogen (secondary N) is 1. The maximum atomic E-state index is 12.4. The minimum absolute atomic E-state index is 0.00818. The van der Waals surface area contributed by atoms with E-state index in [4.69, 9.17) is 13.9 Å².